The molecule has 2 aromatic carbocycles. The number of fused-ring (bicyclic) bond motifs is 1. The Kier molecular flexibility index (Phi) is 3.91. The fourth-order valence-electron chi connectivity index (χ4n) is 2.66. The molecule has 0 radical (unpaired) electrons. The highest BCUT2D eigenvalue weighted by Crippen LogP contribution is 2.24. The summed E-state index contributed by atoms with van der Waals surface area (Å²) in [5.41, 5.74) is 0.297. The first-order chi connectivity index (χ1) is 11.5. The van der Waals surface area contributed by atoms with Crippen molar-refractivity contribution in [3.63, 3.8) is 0 Å². The second-order valence-electron chi connectivity index (χ2n) is 5.25. The first-order valence-corrected chi connectivity index (χ1v) is 7.22. The van der Waals surface area contributed by atoms with E-state index in [0.717, 1.165) is 4.90 Å². The van der Waals surface area contributed by atoms with E-state index in [4.69, 9.17) is 0 Å². The maximum absolute atomic E-state index is 12.3. The highest BCUT2D eigenvalue weighted by Gasteiger charge is 2.35. The topological polar surface area (TPSA) is 97.6 Å². The molecule has 0 N–H and O–H groups in total. The minimum atomic E-state index is -0.630. The molecule has 7 nitrogen and oxygen atoms in total. The van der Waals surface area contributed by atoms with Crippen LogP contribution in [0.1, 0.15) is 37.5 Å². The Labute approximate surface area is 136 Å². The maximum atomic E-state index is 12.3. The summed E-state index contributed by atoms with van der Waals surface area (Å²) in [5.74, 6) is -1.39. The fraction of sp³-hybridized carbons (Fsp3) is 0.118. The molecule has 0 spiro atoms. The van der Waals surface area contributed by atoms with Crippen LogP contribution in [0.4, 0.5) is 5.69 Å². The Hall–Kier alpha value is -3.35. The molecule has 1 aliphatic rings. The molecule has 0 aliphatic carbocycles. The number of ketones is 1. The first kappa shape index (κ1) is 15.5. The quantitative estimate of drug-likeness (QED) is 0.364. The van der Waals surface area contributed by atoms with E-state index in [-0.39, 0.29) is 24.2 Å². The van der Waals surface area contributed by atoms with Gasteiger partial charge in [0.25, 0.3) is 17.5 Å². The third-order valence-electron chi connectivity index (χ3n) is 3.84. The summed E-state index contributed by atoms with van der Waals surface area (Å²) in [6.07, 6.45) is -0.170. The molecular formula is C17H12N2O5. The Morgan fingerprint density at radius 1 is 0.958 bits per heavy atom. The number of hydrogen-bond acceptors (Lipinski definition) is 5. The monoisotopic (exact) mass is 324 g/mol. The van der Waals surface area contributed by atoms with Gasteiger partial charge in [-0.05, 0) is 18.2 Å². The van der Waals surface area contributed by atoms with Crippen molar-refractivity contribution >= 4 is 23.3 Å². The van der Waals surface area contributed by atoms with Crippen molar-refractivity contribution in [3.05, 3.63) is 75.3 Å². The number of Topliss-reactive ketones (excluding diaryl/α,β-unsaturated/α-hetero) is 1. The molecule has 7 heteroatoms. The van der Waals surface area contributed by atoms with Crippen molar-refractivity contribution < 1.29 is 19.3 Å². The zero-order valence-corrected chi connectivity index (χ0v) is 12.5. The van der Waals surface area contributed by atoms with Crippen molar-refractivity contribution in [2.24, 2.45) is 0 Å². The third kappa shape index (κ3) is 2.56. The van der Waals surface area contributed by atoms with E-state index in [1.165, 1.54) is 24.3 Å². The Morgan fingerprint density at radius 3 is 2.08 bits per heavy atom. The van der Waals surface area contributed by atoms with Crippen molar-refractivity contribution in [2.75, 3.05) is 6.54 Å². The molecule has 1 heterocycles. The molecule has 0 unspecified atom stereocenters. The zero-order chi connectivity index (χ0) is 17.3. The van der Waals surface area contributed by atoms with Crippen molar-refractivity contribution in [2.45, 2.75) is 6.42 Å². The van der Waals surface area contributed by atoms with E-state index >= 15 is 0 Å². The molecule has 0 saturated heterocycles. The smallest absolute Gasteiger partial charge is 0.280 e. The van der Waals surface area contributed by atoms with E-state index in [2.05, 4.69) is 0 Å². The van der Waals surface area contributed by atoms with Gasteiger partial charge in [-0.15, -0.1) is 0 Å². The average molecular weight is 324 g/mol. The number of amides is 2. The van der Waals surface area contributed by atoms with Gasteiger partial charge in [-0.1, -0.05) is 24.3 Å². The molecule has 3 rings (SSSR count). The number of rotatable bonds is 5. The lowest BCUT2D eigenvalue weighted by atomic mass is 10.1. The average Bonchev–Trinajstić information content (AvgIpc) is 2.84. The predicted octanol–water partition coefficient (Wildman–Crippen LogP) is 2.46. The molecule has 0 saturated carbocycles. The van der Waals surface area contributed by atoms with Crippen LogP contribution >= 0.6 is 0 Å². The highest BCUT2D eigenvalue weighted by molar-refractivity contribution is 6.21. The van der Waals surface area contributed by atoms with Crippen LogP contribution in [0.15, 0.2) is 48.5 Å². The van der Waals surface area contributed by atoms with E-state index in [0.29, 0.717) is 11.1 Å². The van der Waals surface area contributed by atoms with Crippen molar-refractivity contribution in [3.8, 4) is 0 Å². The Morgan fingerprint density at radius 2 is 1.50 bits per heavy atom. The minimum Gasteiger partial charge on any atom is -0.294 e. The summed E-state index contributed by atoms with van der Waals surface area (Å²) in [6.45, 7) is -0.114. The SMILES string of the molecule is O=C(CCN1C(=O)c2ccccc2C1=O)c1ccccc1[N+](=O)[O-]. The fourth-order valence-corrected chi connectivity index (χ4v) is 2.66. The van der Waals surface area contributed by atoms with Gasteiger partial charge in [0.1, 0.15) is 0 Å². The number of nitrogens with zero attached hydrogens (tertiary/aromatic N) is 2. The molecule has 120 valence electrons. The summed E-state index contributed by atoms with van der Waals surface area (Å²) >= 11 is 0. The molecule has 2 amide bonds. The first-order valence-electron chi connectivity index (χ1n) is 7.22. The van der Waals surface area contributed by atoms with Crippen LogP contribution in [0.25, 0.3) is 0 Å². The largest absolute Gasteiger partial charge is 0.294 e. The molecular weight excluding hydrogens is 312 g/mol. The van der Waals surface area contributed by atoms with E-state index in [1.807, 2.05) is 0 Å². The standard InChI is InChI=1S/C17H12N2O5/c20-15(13-7-3-4-8-14(13)19(23)24)9-10-18-16(21)11-5-1-2-6-12(11)17(18)22/h1-8H,9-10H2. The highest BCUT2D eigenvalue weighted by atomic mass is 16.6. The van der Waals surface area contributed by atoms with Gasteiger partial charge in [0.15, 0.2) is 5.78 Å². The number of benzene rings is 2. The Balaban J connectivity index is 1.76. The van der Waals surface area contributed by atoms with E-state index in [1.54, 1.807) is 24.3 Å². The number of carbonyl (C=O) groups is 3. The predicted molar refractivity (Wildman–Crippen MR) is 83.9 cm³/mol. The van der Waals surface area contributed by atoms with Gasteiger partial charge in [-0.25, -0.2) is 0 Å². The number of imide groups is 1. The van der Waals surface area contributed by atoms with Gasteiger partial charge >= 0.3 is 0 Å². The summed E-state index contributed by atoms with van der Waals surface area (Å²) in [5, 5.41) is 11.0. The summed E-state index contributed by atoms with van der Waals surface area (Å²) in [6, 6.07) is 12.0. The van der Waals surface area contributed by atoms with Gasteiger partial charge in [0, 0.05) is 19.0 Å². The summed E-state index contributed by atoms with van der Waals surface area (Å²) in [7, 11) is 0. The van der Waals surface area contributed by atoms with Gasteiger partial charge in [-0.2, -0.15) is 0 Å². The molecule has 0 bridgehead atoms. The second kappa shape index (κ2) is 6.04. The van der Waals surface area contributed by atoms with Gasteiger partial charge in [-0.3, -0.25) is 29.4 Å². The third-order valence-corrected chi connectivity index (χ3v) is 3.84. The number of para-hydroxylation sites is 1. The lowest BCUT2D eigenvalue weighted by Gasteiger charge is -2.13. The molecule has 0 atom stereocenters. The van der Waals surface area contributed by atoms with Gasteiger partial charge in [0.2, 0.25) is 0 Å². The van der Waals surface area contributed by atoms with Crippen molar-refractivity contribution in [1.29, 1.82) is 0 Å². The van der Waals surface area contributed by atoms with Crippen LogP contribution in [0.3, 0.4) is 0 Å². The second-order valence-corrected chi connectivity index (χ2v) is 5.25. The Bertz CT molecular complexity index is 840. The molecule has 2 aromatic rings. The lowest BCUT2D eigenvalue weighted by molar-refractivity contribution is -0.385. The van der Waals surface area contributed by atoms with Crippen LogP contribution in [-0.2, 0) is 0 Å². The lowest BCUT2D eigenvalue weighted by Crippen LogP contribution is -2.32. The normalized spacial score (nSPS) is 13.1. The van der Waals surface area contributed by atoms with Crippen LogP contribution in [0, 0.1) is 10.1 Å². The van der Waals surface area contributed by atoms with Crippen molar-refractivity contribution in [1.82, 2.24) is 4.90 Å². The van der Waals surface area contributed by atoms with Crippen LogP contribution < -0.4 is 0 Å². The van der Waals surface area contributed by atoms with Gasteiger partial charge in [0.05, 0.1) is 21.6 Å². The molecule has 24 heavy (non-hydrogen) atoms. The minimum absolute atomic E-state index is 0.0286. The number of nitro groups is 1. The number of carbonyl (C=O) groups excluding carboxylic acids is 3. The van der Waals surface area contributed by atoms with Crippen LogP contribution in [0.5, 0.6) is 0 Å². The summed E-state index contributed by atoms with van der Waals surface area (Å²) in [4.78, 5) is 48.0. The molecule has 0 aromatic heterocycles. The van der Waals surface area contributed by atoms with Crippen LogP contribution in [0.2, 0.25) is 0 Å². The zero-order valence-electron chi connectivity index (χ0n) is 12.5. The van der Waals surface area contributed by atoms with E-state index in [9.17, 15) is 24.5 Å². The molecule has 1 aliphatic heterocycles. The maximum Gasteiger partial charge on any atom is 0.280 e. The number of hydrogen-bond donors (Lipinski definition) is 0. The van der Waals surface area contributed by atoms with Gasteiger partial charge < -0.3 is 0 Å². The van der Waals surface area contributed by atoms with E-state index < -0.39 is 22.5 Å². The molecule has 0 fully saturated rings. The number of nitro benzene ring substituents is 1. The van der Waals surface area contributed by atoms with Crippen LogP contribution in [-0.4, -0.2) is 34.0 Å². The summed E-state index contributed by atoms with van der Waals surface area (Å²) < 4.78 is 0.